The molecule has 1 saturated carbocycles. The molecule has 1 aromatic rings. The predicted octanol–water partition coefficient (Wildman–Crippen LogP) is 1.43. The van der Waals surface area contributed by atoms with Crippen molar-refractivity contribution in [2.45, 2.75) is 33.2 Å². The van der Waals surface area contributed by atoms with Crippen molar-refractivity contribution in [1.82, 2.24) is 10.3 Å². The number of pyridine rings is 1. The number of nitrogens with zero attached hydrogens (tertiary/aromatic N) is 1. The highest BCUT2D eigenvalue weighted by atomic mass is 16.4. The van der Waals surface area contributed by atoms with Gasteiger partial charge in [0.15, 0.2) is 0 Å². The minimum Gasteiger partial charge on any atom is -0.481 e. The number of carbonyl (C=O) groups excluding carboxylic acids is 1. The quantitative estimate of drug-likeness (QED) is 0.860. The highest BCUT2D eigenvalue weighted by Gasteiger charge is 2.41. The van der Waals surface area contributed by atoms with Gasteiger partial charge in [0.05, 0.1) is 11.8 Å². The maximum atomic E-state index is 11.9. The minimum atomic E-state index is -0.873. The van der Waals surface area contributed by atoms with Crippen LogP contribution in [0.3, 0.4) is 0 Å². The molecule has 0 aromatic carbocycles. The Kier molecular flexibility index (Phi) is 3.83. The molecule has 5 heteroatoms. The summed E-state index contributed by atoms with van der Waals surface area (Å²) in [5.74, 6) is -1.92. The number of rotatable bonds is 4. The van der Waals surface area contributed by atoms with E-state index < -0.39 is 11.9 Å². The van der Waals surface area contributed by atoms with E-state index in [0.717, 1.165) is 17.0 Å². The molecule has 1 fully saturated rings. The molecule has 102 valence electrons. The van der Waals surface area contributed by atoms with E-state index in [9.17, 15) is 9.59 Å². The van der Waals surface area contributed by atoms with Crippen LogP contribution < -0.4 is 5.32 Å². The Morgan fingerprint density at radius 2 is 1.84 bits per heavy atom. The molecule has 1 aliphatic carbocycles. The molecule has 2 rings (SSSR count). The Morgan fingerprint density at radius 1 is 1.26 bits per heavy atom. The van der Waals surface area contributed by atoms with Crippen molar-refractivity contribution in [3.8, 4) is 0 Å². The molecule has 0 spiro atoms. The van der Waals surface area contributed by atoms with Gasteiger partial charge >= 0.3 is 5.97 Å². The van der Waals surface area contributed by atoms with E-state index in [-0.39, 0.29) is 11.8 Å². The zero-order valence-electron chi connectivity index (χ0n) is 11.1. The average molecular weight is 262 g/mol. The van der Waals surface area contributed by atoms with Crippen molar-refractivity contribution < 1.29 is 14.7 Å². The van der Waals surface area contributed by atoms with Crippen LogP contribution in [-0.4, -0.2) is 22.0 Å². The normalized spacial score (nSPS) is 21.6. The smallest absolute Gasteiger partial charge is 0.307 e. The largest absolute Gasteiger partial charge is 0.481 e. The van der Waals surface area contributed by atoms with Crippen molar-refractivity contribution in [3.63, 3.8) is 0 Å². The molecule has 19 heavy (non-hydrogen) atoms. The average Bonchev–Trinajstić information content (AvgIpc) is 2.22. The number of amides is 1. The molecule has 1 heterocycles. The van der Waals surface area contributed by atoms with Crippen LogP contribution in [0, 0.1) is 25.7 Å². The van der Waals surface area contributed by atoms with E-state index in [0.29, 0.717) is 19.4 Å². The first-order chi connectivity index (χ1) is 8.97. The van der Waals surface area contributed by atoms with Crippen molar-refractivity contribution in [3.05, 3.63) is 29.1 Å². The van der Waals surface area contributed by atoms with Gasteiger partial charge in [-0.1, -0.05) is 0 Å². The summed E-state index contributed by atoms with van der Waals surface area (Å²) in [5.41, 5.74) is 2.82. The monoisotopic (exact) mass is 262 g/mol. The summed E-state index contributed by atoms with van der Waals surface area (Å²) < 4.78 is 0. The standard InChI is InChI=1S/C14H18N2O3/c1-8-5-10(6-9(2)16-8)7-15-13(17)11-3-4-12(11)14(18)19/h5-6,11-12H,3-4,7H2,1-2H3,(H,15,17)(H,18,19). The van der Waals surface area contributed by atoms with Gasteiger partial charge in [0.25, 0.3) is 0 Å². The fourth-order valence-electron chi connectivity index (χ4n) is 2.45. The number of carboxylic acids is 1. The van der Waals surface area contributed by atoms with E-state index in [1.807, 2.05) is 26.0 Å². The number of carbonyl (C=O) groups is 2. The molecule has 0 saturated heterocycles. The topological polar surface area (TPSA) is 79.3 Å². The van der Waals surface area contributed by atoms with Crippen LogP contribution in [0.15, 0.2) is 12.1 Å². The summed E-state index contributed by atoms with van der Waals surface area (Å²) in [6.45, 7) is 4.24. The number of hydrogen-bond donors (Lipinski definition) is 2. The van der Waals surface area contributed by atoms with E-state index in [2.05, 4.69) is 10.3 Å². The maximum absolute atomic E-state index is 11.9. The van der Waals surface area contributed by atoms with Crippen molar-refractivity contribution >= 4 is 11.9 Å². The van der Waals surface area contributed by atoms with Crippen LogP contribution in [0.2, 0.25) is 0 Å². The molecule has 1 amide bonds. The summed E-state index contributed by atoms with van der Waals surface area (Å²) in [6, 6.07) is 3.84. The van der Waals surface area contributed by atoms with Gasteiger partial charge in [-0.25, -0.2) is 0 Å². The van der Waals surface area contributed by atoms with E-state index in [4.69, 9.17) is 5.11 Å². The molecule has 0 aliphatic heterocycles. The Hall–Kier alpha value is -1.91. The first-order valence-electron chi connectivity index (χ1n) is 6.42. The van der Waals surface area contributed by atoms with Crippen LogP contribution in [0.4, 0.5) is 0 Å². The fraction of sp³-hybridized carbons (Fsp3) is 0.500. The Morgan fingerprint density at radius 3 is 2.32 bits per heavy atom. The van der Waals surface area contributed by atoms with Crippen molar-refractivity contribution in [2.24, 2.45) is 11.8 Å². The second-order valence-corrected chi connectivity index (χ2v) is 5.10. The SMILES string of the molecule is Cc1cc(CNC(=O)C2CCC2C(=O)O)cc(C)n1. The lowest BCUT2D eigenvalue weighted by atomic mass is 9.73. The molecule has 1 aromatic heterocycles. The number of aryl methyl sites for hydroxylation is 2. The van der Waals surface area contributed by atoms with Crippen LogP contribution in [0.25, 0.3) is 0 Å². The predicted molar refractivity (Wildman–Crippen MR) is 69.4 cm³/mol. The van der Waals surface area contributed by atoms with Gasteiger partial charge in [-0.3, -0.25) is 14.6 Å². The number of hydrogen-bond acceptors (Lipinski definition) is 3. The summed E-state index contributed by atoms with van der Waals surface area (Å²) in [6.07, 6.45) is 1.26. The van der Waals surface area contributed by atoms with Crippen LogP contribution in [0.5, 0.6) is 0 Å². The molecule has 2 atom stereocenters. The summed E-state index contributed by atoms with van der Waals surface area (Å²) >= 11 is 0. The van der Waals surface area contributed by atoms with Gasteiger partial charge in [-0.15, -0.1) is 0 Å². The van der Waals surface area contributed by atoms with Gasteiger partial charge in [-0.2, -0.15) is 0 Å². The Bertz CT molecular complexity index is 493. The van der Waals surface area contributed by atoms with Crippen molar-refractivity contribution in [2.75, 3.05) is 0 Å². The third-order valence-corrected chi connectivity index (χ3v) is 3.54. The number of aliphatic carboxylic acids is 1. The molecule has 5 nitrogen and oxygen atoms in total. The summed E-state index contributed by atoms with van der Waals surface area (Å²) in [4.78, 5) is 27.0. The highest BCUT2D eigenvalue weighted by Crippen LogP contribution is 2.34. The number of carboxylic acid groups (broad SMARTS) is 1. The first-order valence-corrected chi connectivity index (χ1v) is 6.42. The molecule has 2 N–H and O–H groups in total. The van der Waals surface area contributed by atoms with Gasteiger partial charge < -0.3 is 10.4 Å². The number of nitrogens with one attached hydrogen (secondary N) is 1. The van der Waals surface area contributed by atoms with Crippen molar-refractivity contribution in [1.29, 1.82) is 0 Å². The molecule has 0 radical (unpaired) electrons. The lowest BCUT2D eigenvalue weighted by Crippen LogP contribution is -2.43. The number of aromatic nitrogens is 1. The molecule has 0 bridgehead atoms. The second-order valence-electron chi connectivity index (χ2n) is 5.10. The van der Waals surface area contributed by atoms with Crippen LogP contribution in [0.1, 0.15) is 29.8 Å². The van der Waals surface area contributed by atoms with Gasteiger partial charge in [-0.05, 0) is 44.4 Å². The Labute approximate surface area is 112 Å². The van der Waals surface area contributed by atoms with E-state index in [1.165, 1.54) is 0 Å². The summed E-state index contributed by atoms with van der Waals surface area (Å²) in [7, 11) is 0. The third-order valence-electron chi connectivity index (χ3n) is 3.54. The third kappa shape index (κ3) is 3.10. The second kappa shape index (κ2) is 5.38. The first kappa shape index (κ1) is 13.5. The minimum absolute atomic E-state index is 0.161. The fourth-order valence-corrected chi connectivity index (χ4v) is 2.45. The van der Waals surface area contributed by atoms with Crippen LogP contribution >= 0.6 is 0 Å². The van der Waals surface area contributed by atoms with Gasteiger partial charge in [0, 0.05) is 17.9 Å². The lowest BCUT2D eigenvalue weighted by Gasteiger charge is -2.31. The summed E-state index contributed by atoms with van der Waals surface area (Å²) in [5, 5.41) is 11.7. The van der Waals surface area contributed by atoms with E-state index in [1.54, 1.807) is 0 Å². The Balaban J connectivity index is 1.92. The molecular formula is C14H18N2O3. The van der Waals surface area contributed by atoms with E-state index >= 15 is 0 Å². The van der Waals surface area contributed by atoms with Gasteiger partial charge in [0.2, 0.25) is 5.91 Å². The lowest BCUT2D eigenvalue weighted by molar-refractivity contribution is -0.152. The maximum Gasteiger partial charge on any atom is 0.307 e. The highest BCUT2D eigenvalue weighted by molar-refractivity contribution is 5.86. The molecular weight excluding hydrogens is 244 g/mol. The molecule has 2 unspecified atom stereocenters. The molecule has 1 aliphatic rings. The van der Waals surface area contributed by atoms with Crippen LogP contribution in [-0.2, 0) is 16.1 Å². The zero-order chi connectivity index (χ0) is 14.0. The zero-order valence-corrected chi connectivity index (χ0v) is 11.1. The van der Waals surface area contributed by atoms with Gasteiger partial charge in [0.1, 0.15) is 0 Å².